The highest BCUT2D eigenvalue weighted by Crippen LogP contribution is 2.33. The fourth-order valence-electron chi connectivity index (χ4n) is 3.72. The molecule has 0 spiro atoms. The number of nitrogen functional groups attached to an aromatic ring is 1. The first-order chi connectivity index (χ1) is 14.5. The zero-order chi connectivity index (χ0) is 21.3. The standard InChI is InChI=1S/C23H23N5O2/c1-3-14-12-25-23(30)18-9-8-15(10-19(14)18)20-13-28(27-22(20)24)17-7-5-6-16(11-17)26-21(29)4-2/h4-11,13-14H,2-3,12H2,1H3,(H2,24,27)(H,25,30)(H,26,29). The van der Waals surface area contributed by atoms with Gasteiger partial charge in [-0.2, -0.15) is 5.10 Å². The molecule has 4 rings (SSSR count). The number of nitrogens with zero attached hydrogens (tertiary/aromatic N) is 2. The molecule has 30 heavy (non-hydrogen) atoms. The van der Waals surface area contributed by atoms with Crippen molar-refractivity contribution in [3.8, 4) is 16.8 Å². The Morgan fingerprint density at radius 2 is 2.17 bits per heavy atom. The van der Waals surface area contributed by atoms with Gasteiger partial charge in [0, 0.05) is 35.5 Å². The summed E-state index contributed by atoms with van der Waals surface area (Å²) in [5.41, 5.74) is 11.1. The quantitative estimate of drug-likeness (QED) is 0.570. The van der Waals surface area contributed by atoms with Gasteiger partial charge in [0.05, 0.1) is 5.69 Å². The first kappa shape index (κ1) is 19.4. The van der Waals surface area contributed by atoms with Gasteiger partial charge in [0.2, 0.25) is 5.91 Å². The minimum Gasteiger partial charge on any atom is -0.382 e. The summed E-state index contributed by atoms with van der Waals surface area (Å²) in [6.45, 7) is 6.22. The lowest BCUT2D eigenvalue weighted by atomic mass is 9.86. The van der Waals surface area contributed by atoms with Crippen LogP contribution < -0.4 is 16.4 Å². The Morgan fingerprint density at radius 3 is 2.93 bits per heavy atom. The maximum atomic E-state index is 12.2. The van der Waals surface area contributed by atoms with Crippen LogP contribution >= 0.6 is 0 Å². The number of rotatable bonds is 5. The van der Waals surface area contributed by atoms with E-state index in [4.69, 9.17) is 5.73 Å². The lowest BCUT2D eigenvalue weighted by Gasteiger charge is -2.25. The fraction of sp³-hybridized carbons (Fsp3) is 0.174. The Balaban J connectivity index is 1.70. The first-order valence-corrected chi connectivity index (χ1v) is 9.81. The van der Waals surface area contributed by atoms with Crippen LogP contribution in [0.3, 0.4) is 0 Å². The number of anilines is 2. The van der Waals surface area contributed by atoms with Crippen molar-refractivity contribution in [3.05, 3.63) is 72.4 Å². The molecule has 2 heterocycles. The van der Waals surface area contributed by atoms with Crippen LogP contribution in [0.2, 0.25) is 0 Å². The number of hydrogen-bond acceptors (Lipinski definition) is 4. The van der Waals surface area contributed by atoms with E-state index < -0.39 is 0 Å². The van der Waals surface area contributed by atoms with Gasteiger partial charge in [0.1, 0.15) is 0 Å². The SMILES string of the molecule is C=CC(=O)Nc1cccc(-n2cc(-c3ccc4c(c3)C(CC)CNC4=O)c(N)n2)c1. The number of amides is 2. The summed E-state index contributed by atoms with van der Waals surface area (Å²) < 4.78 is 1.68. The summed E-state index contributed by atoms with van der Waals surface area (Å²) in [5.74, 6) is 0.350. The molecular formula is C23H23N5O2. The van der Waals surface area contributed by atoms with Gasteiger partial charge < -0.3 is 16.4 Å². The number of aromatic nitrogens is 2. The minimum atomic E-state index is -0.281. The third-order valence-electron chi connectivity index (χ3n) is 5.36. The topological polar surface area (TPSA) is 102 Å². The second kappa shape index (κ2) is 7.87. The predicted molar refractivity (Wildman–Crippen MR) is 118 cm³/mol. The van der Waals surface area contributed by atoms with E-state index in [1.807, 2.05) is 42.6 Å². The second-order valence-electron chi connectivity index (χ2n) is 7.23. The molecule has 152 valence electrons. The number of benzene rings is 2. The number of carbonyl (C=O) groups excluding carboxylic acids is 2. The Labute approximate surface area is 174 Å². The number of fused-ring (bicyclic) bond motifs is 1. The molecule has 1 aromatic heterocycles. The van der Waals surface area contributed by atoms with Crippen LogP contribution in [0.5, 0.6) is 0 Å². The molecule has 0 fully saturated rings. The maximum Gasteiger partial charge on any atom is 0.251 e. The minimum absolute atomic E-state index is 0.0386. The smallest absolute Gasteiger partial charge is 0.251 e. The molecule has 7 nitrogen and oxygen atoms in total. The summed E-state index contributed by atoms with van der Waals surface area (Å²) in [7, 11) is 0. The molecule has 7 heteroatoms. The van der Waals surface area contributed by atoms with Crippen LogP contribution in [-0.2, 0) is 4.79 Å². The van der Waals surface area contributed by atoms with E-state index in [1.54, 1.807) is 10.7 Å². The van der Waals surface area contributed by atoms with E-state index in [0.29, 0.717) is 23.6 Å². The number of hydrogen-bond donors (Lipinski definition) is 3. The summed E-state index contributed by atoms with van der Waals surface area (Å²) in [5, 5.41) is 10.1. The van der Waals surface area contributed by atoms with Crippen molar-refractivity contribution >= 4 is 23.3 Å². The van der Waals surface area contributed by atoms with Gasteiger partial charge in [-0.3, -0.25) is 9.59 Å². The highest BCUT2D eigenvalue weighted by molar-refractivity contribution is 5.99. The molecule has 0 aliphatic carbocycles. The van der Waals surface area contributed by atoms with Gasteiger partial charge in [0.15, 0.2) is 5.82 Å². The molecule has 4 N–H and O–H groups in total. The number of nitrogens with one attached hydrogen (secondary N) is 2. The van der Waals surface area contributed by atoms with Crippen molar-refractivity contribution in [3.63, 3.8) is 0 Å². The van der Waals surface area contributed by atoms with Crippen molar-refractivity contribution in [2.75, 3.05) is 17.6 Å². The van der Waals surface area contributed by atoms with E-state index in [-0.39, 0.29) is 17.7 Å². The lowest BCUT2D eigenvalue weighted by molar-refractivity contribution is -0.111. The zero-order valence-corrected chi connectivity index (χ0v) is 16.7. The van der Waals surface area contributed by atoms with E-state index in [2.05, 4.69) is 29.2 Å². The van der Waals surface area contributed by atoms with Crippen LogP contribution in [-0.4, -0.2) is 28.1 Å². The van der Waals surface area contributed by atoms with Crippen LogP contribution in [0.15, 0.2) is 61.3 Å². The summed E-state index contributed by atoms with van der Waals surface area (Å²) >= 11 is 0. The van der Waals surface area contributed by atoms with Gasteiger partial charge in [-0.25, -0.2) is 4.68 Å². The zero-order valence-electron chi connectivity index (χ0n) is 16.7. The highest BCUT2D eigenvalue weighted by atomic mass is 16.2. The van der Waals surface area contributed by atoms with Gasteiger partial charge in [-0.05, 0) is 54.0 Å². The van der Waals surface area contributed by atoms with Crippen LogP contribution in [0.1, 0.15) is 35.2 Å². The largest absolute Gasteiger partial charge is 0.382 e. The molecule has 2 amide bonds. The Bertz CT molecular complexity index is 1150. The van der Waals surface area contributed by atoms with Gasteiger partial charge in [0.25, 0.3) is 5.91 Å². The third kappa shape index (κ3) is 3.57. The maximum absolute atomic E-state index is 12.2. The van der Waals surface area contributed by atoms with E-state index >= 15 is 0 Å². The van der Waals surface area contributed by atoms with E-state index in [1.165, 1.54) is 6.08 Å². The molecule has 0 saturated heterocycles. The van der Waals surface area contributed by atoms with Crippen molar-refractivity contribution < 1.29 is 9.59 Å². The normalized spacial score (nSPS) is 15.2. The Hall–Kier alpha value is -3.87. The lowest BCUT2D eigenvalue weighted by Crippen LogP contribution is -2.34. The molecule has 0 radical (unpaired) electrons. The number of nitrogens with two attached hydrogens (primary N) is 1. The molecule has 0 bridgehead atoms. The molecule has 1 aliphatic heterocycles. The fourth-order valence-corrected chi connectivity index (χ4v) is 3.72. The van der Waals surface area contributed by atoms with Crippen LogP contribution in [0.4, 0.5) is 11.5 Å². The molecule has 2 aromatic carbocycles. The Kier molecular flexibility index (Phi) is 5.10. The monoisotopic (exact) mass is 401 g/mol. The first-order valence-electron chi connectivity index (χ1n) is 9.81. The van der Waals surface area contributed by atoms with E-state index in [0.717, 1.165) is 28.8 Å². The molecule has 1 atom stereocenters. The average Bonchev–Trinajstić information content (AvgIpc) is 3.15. The summed E-state index contributed by atoms with van der Waals surface area (Å²) in [6, 6.07) is 13.1. The number of carbonyl (C=O) groups is 2. The van der Waals surface area contributed by atoms with E-state index in [9.17, 15) is 9.59 Å². The van der Waals surface area contributed by atoms with Crippen molar-refractivity contribution in [2.24, 2.45) is 0 Å². The molecule has 1 aliphatic rings. The van der Waals surface area contributed by atoms with Crippen LogP contribution in [0.25, 0.3) is 16.8 Å². The van der Waals surface area contributed by atoms with Gasteiger partial charge >= 0.3 is 0 Å². The Morgan fingerprint density at radius 1 is 1.33 bits per heavy atom. The average molecular weight is 401 g/mol. The highest BCUT2D eigenvalue weighted by Gasteiger charge is 2.25. The van der Waals surface area contributed by atoms with Crippen LogP contribution in [0, 0.1) is 0 Å². The second-order valence-corrected chi connectivity index (χ2v) is 7.23. The predicted octanol–water partition coefficient (Wildman–Crippen LogP) is 3.48. The molecule has 1 unspecified atom stereocenters. The van der Waals surface area contributed by atoms with Crippen molar-refractivity contribution in [1.29, 1.82) is 0 Å². The summed E-state index contributed by atoms with van der Waals surface area (Å²) in [4.78, 5) is 23.8. The molecule has 3 aromatic rings. The van der Waals surface area contributed by atoms with Crippen molar-refractivity contribution in [1.82, 2.24) is 15.1 Å². The molecule has 0 saturated carbocycles. The molecular weight excluding hydrogens is 378 g/mol. The third-order valence-corrected chi connectivity index (χ3v) is 5.36. The van der Waals surface area contributed by atoms with Gasteiger partial charge in [-0.1, -0.05) is 25.6 Å². The van der Waals surface area contributed by atoms with Gasteiger partial charge in [-0.15, -0.1) is 0 Å². The summed E-state index contributed by atoms with van der Waals surface area (Å²) in [6.07, 6.45) is 4.01. The van der Waals surface area contributed by atoms with Crippen molar-refractivity contribution in [2.45, 2.75) is 19.3 Å².